The number of carbonyl (C=O) groups excluding carboxylic acids is 1. The number of pyridine rings is 1. The van der Waals surface area contributed by atoms with E-state index in [1.807, 2.05) is 47.9 Å². The number of aromatic hydroxyl groups is 1. The van der Waals surface area contributed by atoms with Crippen molar-refractivity contribution in [2.24, 2.45) is 5.10 Å². The number of carbonyl (C=O) groups is 1. The average Bonchev–Trinajstić information content (AvgIpc) is 3.24. The number of hydrogen-bond donors (Lipinski definition) is 2. The summed E-state index contributed by atoms with van der Waals surface area (Å²) in [7, 11) is 0. The Balaban J connectivity index is 1.49. The predicted molar refractivity (Wildman–Crippen MR) is 124 cm³/mol. The summed E-state index contributed by atoms with van der Waals surface area (Å²) in [4.78, 5) is 16.3. The van der Waals surface area contributed by atoms with Crippen LogP contribution >= 0.6 is 11.8 Å². The number of hydrogen-bond acceptors (Lipinski definition) is 7. The van der Waals surface area contributed by atoms with Crippen LogP contribution in [0.15, 0.2) is 83.3 Å². The highest BCUT2D eigenvalue weighted by molar-refractivity contribution is 7.99. The van der Waals surface area contributed by atoms with Crippen LogP contribution in [0.25, 0.3) is 17.1 Å². The fraction of sp³-hybridized carbons (Fsp3) is 0.0870. The molecular formula is C23H20N6O2S. The SMILES string of the molecule is Cc1ccc(-n2c(SCC(=O)N/N=C\c3ccc(O)cc3)nnc2-c2ccncc2)cc1. The summed E-state index contributed by atoms with van der Waals surface area (Å²) in [5.74, 6) is 0.692. The molecule has 2 N–H and O–H groups in total. The van der Waals surface area contributed by atoms with Gasteiger partial charge in [-0.3, -0.25) is 14.3 Å². The van der Waals surface area contributed by atoms with Gasteiger partial charge < -0.3 is 5.11 Å². The monoisotopic (exact) mass is 444 g/mol. The van der Waals surface area contributed by atoms with Crippen LogP contribution in [-0.2, 0) is 4.79 Å². The van der Waals surface area contributed by atoms with Gasteiger partial charge in [0, 0.05) is 23.6 Å². The molecule has 8 nitrogen and oxygen atoms in total. The molecule has 4 aromatic rings. The van der Waals surface area contributed by atoms with Crippen LogP contribution in [-0.4, -0.2) is 42.7 Å². The Morgan fingerprint density at radius 2 is 1.78 bits per heavy atom. The third-order valence-corrected chi connectivity index (χ3v) is 5.42. The molecule has 9 heteroatoms. The van der Waals surface area contributed by atoms with Crippen LogP contribution in [0.3, 0.4) is 0 Å². The Kier molecular flexibility index (Phi) is 6.57. The number of nitrogens with one attached hydrogen (secondary N) is 1. The molecule has 0 fully saturated rings. The summed E-state index contributed by atoms with van der Waals surface area (Å²) in [6.07, 6.45) is 4.92. The number of nitrogens with zero attached hydrogens (tertiary/aromatic N) is 5. The predicted octanol–water partition coefficient (Wildman–Crippen LogP) is 3.59. The lowest BCUT2D eigenvalue weighted by Gasteiger charge is -2.10. The first kappa shape index (κ1) is 21.3. The number of phenols is 1. The largest absolute Gasteiger partial charge is 0.508 e. The van der Waals surface area contributed by atoms with Gasteiger partial charge in [-0.1, -0.05) is 29.5 Å². The van der Waals surface area contributed by atoms with Gasteiger partial charge in [0.15, 0.2) is 11.0 Å². The zero-order valence-corrected chi connectivity index (χ0v) is 18.0. The van der Waals surface area contributed by atoms with Crippen molar-refractivity contribution in [1.29, 1.82) is 0 Å². The van der Waals surface area contributed by atoms with Crippen molar-refractivity contribution < 1.29 is 9.90 Å². The van der Waals surface area contributed by atoms with Gasteiger partial charge in [-0.2, -0.15) is 5.10 Å². The van der Waals surface area contributed by atoms with Crippen molar-refractivity contribution in [2.45, 2.75) is 12.1 Å². The van der Waals surface area contributed by atoms with Crippen LogP contribution in [0, 0.1) is 6.92 Å². The molecule has 0 saturated heterocycles. The molecule has 0 aliphatic heterocycles. The summed E-state index contributed by atoms with van der Waals surface area (Å²) in [5, 5.41) is 22.5. The summed E-state index contributed by atoms with van der Waals surface area (Å²) in [6.45, 7) is 2.03. The zero-order chi connectivity index (χ0) is 22.3. The van der Waals surface area contributed by atoms with Gasteiger partial charge in [-0.05, 0) is 61.0 Å². The maximum atomic E-state index is 12.3. The van der Waals surface area contributed by atoms with E-state index in [1.54, 1.807) is 36.7 Å². The Hall–Kier alpha value is -3.98. The highest BCUT2D eigenvalue weighted by atomic mass is 32.2. The highest BCUT2D eigenvalue weighted by Gasteiger charge is 2.17. The summed E-state index contributed by atoms with van der Waals surface area (Å²) < 4.78 is 1.92. The van der Waals surface area contributed by atoms with E-state index in [2.05, 4.69) is 25.7 Å². The van der Waals surface area contributed by atoms with Gasteiger partial charge in [-0.25, -0.2) is 5.43 Å². The molecule has 4 rings (SSSR count). The smallest absolute Gasteiger partial charge is 0.250 e. The van der Waals surface area contributed by atoms with E-state index in [1.165, 1.54) is 18.0 Å². The van der Waals surface area contributed by atoms with Crippen LogP contribution in [0.2, 0.25) is 0 Å². The number of phenolic OH excluding ortho intramolecular Hbond substituents is 1. The molecule has 0 atom stereocenters. The first-order valence-electron chi connectivity index (χ1n) is 9.77. The van der Waals surface area contributed by atoms with E-state index in [9.17, 15) is 9.90 Å². The fourth-order valence-corrected chi connectivity index (χ4v) is 3.62. The standard InChI is InChI=1S/C23H20N6O2S/c1-16-2-6-19(7-3-16)29-22(18-10-12-24-13-11-18)27-28-23(29)32-15-21(31)26-25-14-17-4-8-20(30)9-5-17/h2-14,30H,15H2,1H3,(H,26,31)/b25-14-. The maximum absolute atomic E-state index is 12.3. The average molecular weight is 445 g/mol. The quantitative estimate of drug-likeness (QED) is 0.256. The maximum Gasteiger partial charge on any atom is 0.250 e. The lowest BCUT2D eigenvalue weighted by Crippen LogP contribution is -2.20. The fourth-order valence-electron chi connectivity index (χ4n) is 2.88. The summed E-state index contributed by atoms with van der Waals surface area (Å²) >= 11 is 1.27. The van der Waals surface area contributed by atoms with Gasteiger partial charge >= 0.3 is 0 Å². The molecule has 2 aromatic carbocycles. The first-order chi connectivity index (χ1) is 15.6. The minimum atomic E-state index is -0.269. The van der Waals surface area contributed by atoms with Crippen LogP contribution in [0.4, 0.5) is 0 Å². The third kappa shape index (κ3) is 5.19. The van der Waals surface area contributed by atoms with Crippen molar-refractivity contribution >= 4 is 23.9 Å². The van der Waals surface area contributed by atoms with Crippen molar-refractivity contribution in [1.82, 2.24) is 25.2 Å². The number of hydrazone groups is 1. The lowest BCUT2D eigenvalue weighted by atomic mass is 10.2. The Bertz CT molecular complexity index is 1220. The van der Waals surface area contributed by atoms with E-state index in [-0.39, 0.29) is 17.4 Å². The second-order valence-electron chi connectivity index (χ2n) is 6.89. The topological polar surface area (TPSA) is 105 Å². The number of benzene rings is 2. The molecule has 0 aliphatic carbocycles. The molecule has 0 unspecified atom stereocenters. The van der Waals surface area contributed by atoms with E-state index < -0.39 is 0 Å². The molecule has 0 saturated carbocycles. The van der Waals surface area contributed by atoms with E-state index in [0.717, 1.165) is 22.4 Å². The molecule has 0 spiro atoms. The number of thioether (sulfide) groups is 1. The molecule has 32 heavy (non-hydrogen) atoms. The summed E-state index contributed by atoms with van der Waals surface area (Å²) in [6, 6.07) is 18.3. The van der Waals surface area contributed by atoms with Gasteiger partial charge in [-0.15, -0.1) is 10.2 Å². The van der Waals surface area contributed by atoms with Gasteiger partial charge in [0.1, 0.15) is 5.75 Å². The van der Waals surface area contributed by atoms with Crippen molar-refractivity contribution in [3.8, 4) is 22.8 Å². The highest BCUT2D eigenvalue weighted by Crippen LogP contribution is 2.27. The Morgan fingerprint density at radius 3 is 2.50 bits per heavy atom. The molecule has 0 radical (unpaired) electrons. The van der Waals surface area contributed by atoms with Crippen molar-refractivity contribution in [3.05, 3.63) is 84.2 Å². The van der Waals surface area contributed by atoms with E-state index >= 15 is 0 Å². The molecule has 2 heterocycles. The van der Waals surface area contributed by atoms with Gasteiger partial charge in [0.25, 0.3) is 5.91 Å². The second kappa shape index (κ2) is 9.88. The van der Waals surface area contributed by atoms with E-state index in [0.29, 0.717) is 11.0 Å². The minimum absolute atomic E-state index is 0.118. The molecule has 0 aliphatic rings. The normalized spacial score (nSPS) is 11.0. The molecule has 1 amide bonds. The summed E-state index contributed by atoms with van der Waals surface area (Å²) in [5.41, 5.74) is 6.19. The number of aryl methyl sites for hydroxylation is 1. The molecule has 2 aromatic heterocycles. The minimum Gasteiger partial charge on any atom is -0.508 e. The van der Waals surface area contributed by atoms with Crippen molar-refractivity contribution in [3.63, 3.8) is 0 Å². The zero-order valence-electron chi connectivity index (χ0n) is 17.2. The molecule has 160 valence electrons. The Labute approximate surface area is 189 Å². The first-order valence-corrected chi connectivity index (χ1v) is 10.8. The third-order valence-electron chi connectivity index (χ3n) is 4.49. The number of rotatable bonds is 7. The second-order valence-corrected chi connectivity index (χ2v) is 7.83. The number of aromatic nitrogens is 4. The van der Waals surface area contributed by atoms with Crippen molar-refractivity contribution in [2.75, 3.05) is 5.75 Å². The van der Waals surface area contributed by atoms with Gasteiger partial charge in [0.2, 0.25) is 0 Å². The molecule has 0 bridgehead atoms. The van der Waals surface area contributed by atoms with Crippen LogP contribution in [0.1, 0.15) is 11.1 Å². The van der Waals surface area contributed by atoms with Gasteiger partial charge in [0.05, 0.1) is 12.0 Å². The molecular weight excluding hydrogens is 424 g/mol. The lowest BCUT2D eigenvalue weighted by molar-refractivity contribution is -0.118. The van der Waals surface area contributed by atoms with E-state index in [4.69, 9.17) is 0 Å². The van der Waals surface area contributed by atoms with Crippen LogP contribution in [0.5, 0.6) is 5.75 Å². The Morgan fingerprint density at radius 1 is 1.06 bits per heavy atom. The van der Waals surface area contributed by atoms with Crippen LogP contribution < -0.4 is 5.43 Å². The number of amides is 1.